The summed E-state index contributed by atoms with van der Waals surface area (Å²) >= 11 is 0. The third kappa shape index (κ3) is 11.6. The Balaban J connectivity index is 1.48. The molecule has 0 atom stereocenters. The van der Waals surface area contributed by atoms with E-state index in [1.54, 1.807) is 24.3 Å². The van der Waals surface area contributed by atoms with E-state index in [4.69, 9.17) is 0 Å². The molecule has 13 nitrogen and oxygen atoms in total. The largest absolute Gasteiger partial charge is 0.744 e. The van der Waals surface area contributed by atoms with Crippen molar-refractivity contribution in [1.29, 1.82) is 0 Å². The molecule has 2 N–H and O–H groups in total. The Morgan fingerprint density at radius 3 is 2.02 bits per heavy atom. The maximum atomic E-state index is 12.2. The molecule has 0 radical (unpaired) electrons. The van der Waals surface area contributed by atoms with Gasteiger partial charge in [-0.1, -0.05) is 38.1 Å². The minimum atomic E-state index is -4.66. The molecule has 350 valence electrons. The normalized spacial score (nSPS) is 18.9. The predicted molar refractivity (Wildman–Crippen MR) is 256 cm³/mol. The molecule has 3 aromatic rings. The third-order valence-electron chi connectivity index (χ3n) is 12.9. The number of anilines is 2. The molecule has 0 spiro atoms. The van der Waals surface area contributed by atoms with Crippen LogP contribution in [0, 0.1) is 0 Å². The average Bonchev–Trinajstić information content (AvgIpc) is 3.55. The van der Waals surface area contributed by atoms with Crippen LogP contribution >= 0.6 is 0 Å². The number of benzene rings is 3. The summed E-state index contributed by atoms with van der Waals surface area (Å²) in [6, 6.07) is 17.6. The first-order valence-corrected chi connectivity index (χ1v) is 25.3. The van der Waals surface area contributed by atoms with Gasteiger partial charge < -0.3 is 38.9 Å². The first kappa shape index (κ1) is 49.7. The lowest BCUT2D eigenvalue weighted by Gasteiger charge is -2.29. The van der Waals surface area contributed by atoms with Crippen molar-refractivity contribution in [1.82, 2.24) is 0 Å². The van der Waals surface area contributed by atoms with E-state index in [0.717, 1.165) is 116 Å². The number of hydrogen-bond acceptors (Lipinski definition) is 8. The second-order valence-corrected chi connectivity index (χ2v) is 23.5. The molecule has 0 amide bonds. The number of nitrogens with one attached hydrogen (secondary N) is 2. The maximum absolute atomic E-state index is 12.2. The highest BCUT2D eigenvalue weighted by Crippen LogP contribution is 2.49. The van der Waals surface area contributed by atoms with E-state index < -0.39 is 31.1 Å². The maximum Gasteiger partial charge on any atom is 0.209 e. The van der Waals surface area contributed by atoms with Crippen molar-refractivity contribution in [2.45, 2.75) is 86.8 Å². The fourth-order valence-electron chi connectivity index (χ4n) is 9.39. The molecule has 0 unspecified atom stereocenters. The SMILES string of the molecule is CC1(C)C(/C=C/C2=C(Nc3ccc(CC[NH+]=[N-])cc3)C(=C/C=C3/N(CCC[N+](C)(C)C)c4ccc(S(=O)(=O)[O-])cc4C3(C)C)/CCC2)=[N+](CCC[N+](C)(C)C)c2ccc(S(=O)(=O)[O-])cc21. The molecule has 3 aromatic carbocycles. The highest BCUT2D eigenvalue weighted by molar-refractivity contribution is 7.86. The Kier molecular flexibility index (Phi) is 14.4. The number of hydrogen-bond donors (Lipinski definition) is 2. The van der Waals surface area contributed by atoms with E-state index in [0.29, 0.717) is 26.1 Å². The summed E-state index contributed by atoms with van der Waals surface area (Å²) in [5.41, 5.74) is 18.5. The number of nitrogens with zero attached hydrogens (tertiary/aromatic N) is 5. The van der Waals surface area contributed by atoms with Crippen molar-refractivity contribution in [2.75, 3.05) is 85.2 Å². The average molecular weight is 927 g/mol. The van der Waals surface area contributed by atoms with Crippen molar-refractivity contribution in [3.63, 3.8) is 0 Å². The van der Waals surface area contributed by atoms with Gasteiger partial charge in [-0.3, -0.25) is 0 Å². The molecular weight excluding hydrogens is 859 g/mol. The standard InChI is InChI=1S/C50H67N7O6S2/c1-49(2)42-34-40(64(58,59)60)22-24-44(42)54(30-12-32-56(5,6)7)46(49)26-18-37-14-11-15-38(48(37)53-39-20-16-36(17-21-39)28-29-52-51)19-27-47-50(3,4)43-35-41(65(61,62)63)23-25-45(43)55(47)31-13-33-57(8,9)10/h16-27,34-35,52H,11-15,28-33H2,1-10H3/p+1/b37-18+,46-26+. The van der Waals surface area contributed by atoms with Crippen molar-refractivity contribution >= 4 is 43.0 Å². The molecule has 2 heterocycles. The summed E-state index contributed by atoms with van der Waals surface area (Å²) in [7, 11) is 3.66. The number of allylic oxidation sites excluding steroid dienone is 7. The van der Waals surface area contributed by atoms with Gasteiger partial charge in [0.05, 0.1) is 77.0 Å². The molecule has 0 fully saturated rings. The van der Waals surface area contributed by atoms with E-state index in [-0.39, 0.29) is 9.79 Å². The molecule has 3 aliphatic rings. The van der Waals surface area contributed by atoms with E-state index >= 15 is 0 Å². The van der Waals surface area contributed by atoms with E-state index in [1.807, 2.05) is 24.3 Å². The lowest BCUT2D eigenvalue weighted by Crippen LogP contribution is -2.63. The zero-order valence-corrected chi connectivity index (χ0v) is 41.5. The monoisotopic (exact) mass is 926 g/mol. The Morgan fingerprint density at radius 2 is 1.40 bits per heavy atom. The first-order valence-electron chi connectivity index (χ1n) is 22.5. The summed E-state index contributed by atoms with van der Waals surface area (Å²) < 4.78 is 77.2. The van der Waals surface area contributed by atoms with Gasteiger partial charge in [0.2, 0.25) is 5.69 Å². The quantitative estimate of drug-likeness (QED) is 0.0638. The van der Waals surface area contributed by atoms with Gasteiger partial charge in [0, 0.05) is 65.3 Å². The summed E-state index contributed by atoms with van der Waals surface area (Å²) in [6.45, 7) is 12.0. The highest BCUT2D eigenvalue weighted by atomic mass is 32.2. The molecule has 2 aliphatic heterocycles. The molecule has 65 heavy (non-hydrogen) atoms. The first-order chi connectivity index (χ1) is 30.2. The summed E-state index contributed by atoms with van der Waals surface area (Å²) in [5.74, 6) is 0. The summed E-state index contributed by atoms with van der Waals surface area (Å²) in [6.07, 6.45) is 13.6. The van der Waals surface area contributed by atoms with Gasteiger partial charge in [0.15, 0.2) is 12.3 Å². The Morgan fingerprint density at radius 1 is 0.785 bits per heavy atom. The van der Waals surface area contributed by atoms with Crippen LogP contribution in [0.5, 0.6) is 0 Å². The lowest BCUT2D eigenvalue weighted by molar-refractivity contribution is -0.871. The number of fused-ring (bicyclic) bond motifs is 2. The summed E-state index contributed by atoms with van der Waals surface area (Å²) in [5, 5.41) is 6.02. The van der Waals surface area contributed by atoms with Gasteiger partial charge >= 0.3 is 0 Å². The minimum Gasteiger partial charge on any atom is -0.744 e. The van der Waals surface area contributed by atoms with Crippen LogP contribution < -0.4 is 15.3 Å². The van der Waals surface area contributed by atoms with E-state index in [1.165, 1.54) is 12.1 Å². The zero-order valence-electron chi connectivity index (χ0n) is 39.9. The van der Waals surface area contributed by atoms with Crippen LogP contribution in [0.25, 0.3) is 5.53 Å². The number of quaternary nitrogens is 2. The molecule has 0 aromatic heterocycles. The fourth-order valence-corrected chi connectivity index (χ4v) is 10.4. The van der Waals surface area contributed by atoms with Crippen molar-refractivity contribution in [3.8, 4) is 0 Å². The zero-order chi connectivity index (χ0) is 47.8. The highest BCUT2D eigenvalue weighted by Gasteiger charge is 2.45. The van der Waals surface area contributed by atoms with Crippen molar-refractivity contribution in [3.05, 3.63) is 130 Å². The van der Waals surface area contributed by atoms with Crippen LogP contribution in [0.3, 0.4) is 0 Å². The van der Waals surface area contributed by atoms with Crippen molar-refractivity contribution < 1.29 is 44.6 Å². The molecule has 0 saturated heterocycles. The molecule has 6 rings (SSSR count). The van der Waals surface area contributed by atoms with E-state index in [2.05, 4.69) is 114 Å². The summed E-state index contributed by atoms with van der Waals surface area (Å²) in [4.78, 5) is 1.80. The minimum absolute atomic E-state index is 0.235. The van der Waals surface area contributed by atoms with Crippen molar-refractivity contribution in [2.24, 2.45) is 0 Å². The second-order valence-electron chi connectivity index (χ2n) is 20.8. The van der Waals surface area contributed by atoms with Gasteiger partial charge in [-0.15, -0.1) is 0 Å². The van der Waals surface area contributed by atoms with Crippen LogP contribution in [-0.4, -0.2) is 120 Å². The molecule has 1 aliphatic carbocycles. The van der Waals surface area contributed by atoms with Crippen LogP contribution in [-0.2, 0) is 37.5 Å². The smallest absolute Gasteiger partial charge is 0.209 e. The Labute approximate surface area is 387 Å². The van der Waals surface area contributed by atoms with Crippen LogP contribution in [0.1, 0.15) is 76.5 Å². The van der Waals surface area contributed by atoms with Gasteiger partial charge in [-0.05, 0) is 104 Å². The lowest BCUT2D eigenvalue weighted by atomic mass is 9.81. The molecular formula is C50H68N7O6S2+. The molecule has 0 bridgehead atoms. The fraction of sp³-hybridized carbons (Fsp3) is 0.460. The molecule has 15 heteroatoms. The van der Waals surface area contributed by atoms with Gasteiger partial charge in [-0.2, -0.15) is 4.58 Å². The van der Waals surface area contributed by atoms with Crippen LogP contribution in [0.2, 0.25) is 0 Å². The van der Waals surface area contributed by atoms with E-state index in [9.17, 15) is 31.5 Å². The van der Waals surface area contributed by atoms with Gasteiger partial charge in [-0.25, -0.2) is 16.8 Å². The Hall–Kier alpha value is -4.77. The Bertz CT molecular complexity index is 2700. The topological polar surface area (TPSA) is 169 Å². The van der Waals surface area contributed by atoms with Gasteiger partial charge in [0.1, 0.15) is 26.8 Å². The van der Waals surface area contributed by atoms with Crippen LogP contribution in [0.4, 0.5) is 17.1 Å². The predicted octanol–water partition coefficient (Wildman–Crippen LogP) is 6.42. The van der Waals surface area contributed by atoms with Crippen LogP contribution in [0.15, 0.2) is 117 Å². The molecule has 0 saturated carbocycles. The number of rotatable bonds is 18. The second kappa shape index (κ2) is 18.8. The van der Waals surface area contributed by atoms with Gasteiger partial charge in [0.25, 0.3) is 0 Å². The third-order valence-corrected chi connectivity index (χ3v) is 14.6.